The van der Waals surface area contributed by atoms with Crippen molar-refractivity contribution in [2.75, 3.05) is 6.54 Å². The van der Waals surface area contributed by atoms with Crippen LogP contribution in [0, 0.1) is 17.5 Å². The summed E-state index contributed by atoms with van der Waals surface area (Å²) in [5.74, 6) is -2.92. The SMILES string of the molecule is NC(=O)N1CCn2c(nc3c2CC(N)C(c2cc(F)c(F)cc2F)C3)C1. The average molecular weight is 365 g/mol. The summed E-state index contributed by atoms with van der Waals surface area (Å²) in [6.45, 7) is 1.36. The molecule has 2 amide bonds. The number of carbonyl (C=O) groups excluding carboxylic acids is 1. The van der Waals surface area contributed by atoms with Gasteiger partial charge in [0.05, 0.1) is 12.2 Å². The van der Waals surface area contributed by atoms with E-state index in [9.17, 15) is 18.0 Å². The molecule has 2 aromatic rings. The number of hydrogen-bond donors (Lipinski definition) is 2. The number of primary amides is 1. The van der Waals surface area contributed by atoms with Gasteiger partial charge in [-0.15, -0.1) is 0 Å². The number of fused-ring (bicyclic) bond motifs is 3. The van der Waals surface area contributed by atoms with Gasteiger partial charge in [0.15, 0.2) is 11.6 Å². The molecule has 4 N–H and O–H groups in total. The molecule has 0 spiro atoms. The number of imidazole rings is 1. The van der Waals surface area contributed by atoms with Crippen LogP contribution < -0.4 is 11.5 Å². The van der Waals surface area contributed by atoms with Crippen LogP contribution in [-0.2, 0) is 25.9 Å². The van der Waals surface area contributed by atoms with E-state index in [-0.39, 0.29) is 5.56 Å². The van der Waals surface area contributed by atoms with E-state index in [0.29, 0.717) is 44.4 Å². The Balaban J connectivity index is 1.68. The maximum atomic E-state index is 14.2. The van der Waals surface area contributed by atoms with Gasteiger partial charge in [-0.2, -0.15) is 0 Å². The van der Waals surface area contributed by atoms with Crippen molar-refractivity contribution in [1.82, 2.24) is 14.5 Å². The number of carbonyl (C=O) groups is 1. The lowest BCUT2D eigenvalue weighted by molar-refractivity contribution is 0.191. The largest absolute Gasteiger partial charge is 0.351 e. The van der Waals surface area contributed by atoms with Crippen molar-refractivity contribution in [2.24, 2.45) is 11.5 Å². The summed E-state index contributed by atoms with van der Waals surface area (Å²) in [5.41, 5.74) is 13.3. The Bertz CT molecular complexity index is 897. The van der Waals surface area contributed by atoms with E-state index in [1.54, 1.807) is 0 Å². The van der Waals surface area contributed by atoms with E-state index in [1.807, 2.05) is 4.57 Å². The normalized spacial score (nSPS) is 22.1. The highest BCUT2D eigenvalue weighted by Crippen LogP contribution is 2.35. The summed E-state index contributed by atoms with van der Waals surface area (Å²) in [4.78, 5) is 17.4. The molecule has 2 aliphatic rings. The zero-order valence-electron chi connectivity index (χ0n) is 13.9. The van der Waals surface area contributed by atoms with Crippen molar-refractivity contribution in [3.8, 4) is 0 Å². The lowest BCUT2D eigenvalue weighted by atomic mass is 9.80. The molecular formula is C17H18F3N5O. The summed E-state index contributed by atoms with van der Waals surface area (Å²) < 4.78 is 43.0. The molecule has 26 heavy (non-hydrogen) atoms. The van der Waals surface area contributed by atoms with Crippen LogP contribution >= 0.6 is 0 Å². The molecule has 0 radical (unpaired) electrons. The Morgan fingerprint density at radius 2 is 1.85 bits per heavy atom. The van der Waals surface area contributed by atoms with Gasteiger partial charge >= 0.3 is 6.03 Å². The highest BCUT2D eigenvalue weighted by molar-refractivity contribution is 5.72. The van der Waals surface area contributed by atoms with Crippen LogP contribution in [0.4, 0.5) is 18.0 Å². The summed E-state index contributed by atoms with van der Waals surface area (Å²) in [7, 11) is 0. The molecule has 2 unspecified atom stereocenters. The molecule has 138 valence electrons. The fourth-order valence-corrected chi connectivity index (χ4v) is 3.91. The standard InChI is InChI=1S/C17H18F3N5O/c18-10-5-12(20)11(19)3-8(10)9-4-14-15(6-13(9)21)25-2-1-24(17(22)26)7-16(25)23-14/h3,5,9,13H,1-2,4,6-7,21H2,(H2,22,26). The van der Waals surface area contributed by atoms with Gasteiger partial charge in [-0.3, -0.25) is 0 Å². The molecule has 9 heteroatoms. The number of halogens is 3. The molecule has 1 aliphatic heterocycles. The molecule has 1 aliphatic carbocycles. The molecule has 0 fully saturated rings. The van der Waals surface area contributed by atoms with Gasteiger partial charge in [0, 0.05) is 43.2 Å². The number of nitrogens with zero attached hydrogens (tertiary/aromatic N) is 3. The first-order valence-electron chi connectivity index (χ1n) is 8.36. The van der Waals surface area contributed by atoms with E-state index >= 15 is 0 Å². The fourth-order valence-electron chi connectivity index (χ4n) is 3.91. The number of hydrogen-bond acceptors (Lipinski definition) is 3. The molecule has 0 bridgehead atoms. The molecule has 4 rings (SSSR count). The van der Waals surface area contributed by atoms with Gasteiger partial charge in [0.25, 0.3) is 0 Å². The molecule has 1 aromatic carbocycles. The van der Waals surface area contributed by atoms with Crippen LogP contribution in [0.1, 0.15) is 28.7 Å². The minimum atomic E-state index is -1.22. The Labute approximate surface area is 147 Å². The summed E-state index contributed by atoms with van der Waals surface area (Å²) in [6.07, 6.45) is 0.775. The first-order valence-corrected chi connectivity index (χ1v) is 8.36. The smallest absolute Gasteiger partial charge is 0.315 e. The van der Waals surface area contributed by atoms with Gasteiger partial charge in [-0.25, -0.2) is 22.9 Å². The fraction of sp³-hybridized carbons (Fsp3) is 0.412. The quantitative estimate of drug-likeness (QED) is 0.749. The Hall–Kier alpha value is -2.55. The first-order chi connectivity index (χ1) is 12.3. The number of benzene rings is 1. The number of rotatable bonds is 1. The lowest BCUT2D eigenvalue weighted by Gasteiger charge is -2.31. The van der Waals surface area contributed by atoms with Crippen LogP contribution in [0.3, 0.4) is 0 Å². The van der Waals surface area contributed by atoms with Crippen LogP contribution in [0.2, 0.25) is 0 Å². The molecular weight excluding hydrogens is 347 g/mol. The monoisotopic (exact) mass is 365 g/mol. The lowest BCUT2D eigenvalue weighted by Crippen LogP contribution is -2.42. The van der Waals surface area contributed by atoms with Crippen molar-refractivity contribution in [2.45, 2.75) is 37.9 Å². The highest BCUT2D eigenvalue weighted by Gasteiger charge is 2.35. The molecule has 1 aromatic heterocycles. The highest BCUT2D eigenvalue weighted by atomic mass is 19.2. The predicted molar refractivity (Wildman–Crippen MR) is 86.7 cm³/mol. The molecule has 0 saturated heterocycles. The van der Waals surface area contributed by atoms with Crippen molar-refractivity contribution in [3.63, 3.8) is 0 Å². The average Bonchev–Trinajstić information content (AvgIpc) is 2.94. The Morgan fingerprint density at radius 1 is 1.12 bits per heavy atom. The number of nitrogens with two attached hydrogens (primary N) is 2. The Morgan fingerprint density at radius 3 is 2.58 bits per heavy atom. The summed E-state index contributed by atoms with van der Waals surface area (Å²) in [6, 6.07) is 0.480. The van der Waals surface area contributed by atoms with Gasteiger partial charge in [-0.05, 0) is 18.1 Å². The number of urea groups is 1. The zero-order valence-corrected chi connectivity index (χ0v) is 13.9. The van der Waals surface area contributed by atoms with E-state index < -0.39 is 35.4 Å². The van der Waals surface area contributed by atoms with Gasteiger partial charge in [0.1, 0.15) is 11.6 Å². The van der Waals surface area contributed by atoms with Crippen LogP contribution in [0.5, 0.6) is 0 Å². The topological polar surface area (TPSA) is 90.2 Å². The predicted octanol–water partition coefficient (Wildman–Crippen LogP) is 1.40. The maximum Gasteiger partial charge on any atom is 0.315 e. The second-order valence-corrected chi connectivity index (χ2v) is 6.80. The van der Waals surface area contributed by atoms with Crippen molar-refractivity contribution < 1.29 is 18.0 Å². The van der Waals surface area contributed by atoms with Crippen molar-refractivity contribution >= 4 is 6.03 Å². The second kappa shape index (κ2) is 6.01. The van der Waals surface area contributed by atoms with Crippen LogP contribution in [-0.4, -0.2) is 33.1 Å². The van der Waals surface area contributed by atoms with Gasteiger partial charge in [-0.1, -0.05) is 0 Å². The number of amides is 2. The van der Waals surface area contributed by atoms with E-state index in [0.717, 1.165) is 17.5 Å². The summed E-state index contributed by atoms with van der Waals surface area (Å²) >= 11 is 0. The van der Waals surface area contributed by atoms with Gasteiger partial charge < -0.3 is 20.9 Å². The zero-order chi connectivity index (χ0) is 18.6. The second-order valence-electron chi connectivity index (χ2n) is 6.80. The van der Waals surface area contributed by atoms with E-state index in [1.165, 1.54) is 4.90 Å². The third-order valence-corrected chi connectivity index (χ3v) is 5.27. The third kappa shape index (κ3) is 2.63. The van der Waals surface area contributed by atoms with Crippen molar-refractivity contribution in [3.05, 3.63) is 52.4 Å². The number of aromatic nitrogens is 2. The van der Waals surface area contributed by atoms with Crippen LogP contribution in [0.25, 0.3) is 0 Å². The maximum absolute atomic E-state index is 14.2. The molecule has 2 atom stereocenters. The van der Waals surface area contributed by atoms with E-state index in [2.05, 4.69) is 4.98 Å². The summed E-state index contributed by atoms with van der Waals surface area (Å²) in [5, 5.41) is 0. The van der Waals surface area contributed by atoms with Gasteiger partial charge in [0.2, 0.25) is 0 Å². The minimum Gasteiger partial charge on any atom is -0.351 e. The molecule has 2 heterocycles. The van der Waals surface area contributed by atoms with E-state index in [4.69, 9.17) is 11.5 Å². The van der Waals surface area contributed by atoms with Crippen LogP contribution in [0.15, 0.2) is 12.1 Å². The molecule has 0 saturated carbocycles. The first kappa shape index (κ1) is 16.9. The third-order valence-electron chi connectivity index (χ3n) is 5.27. The minimum absolute atomic E-state index is 0.0618. The van der Waals surface area contributed by atoms with Crippen molar-refractivity contribution in [1.29, 1.82) is 0 Å². The Kier molecular flexibility index (Phi) is 3.91. The molecule has 6 nitrogen and oxygen atoms in total.